The Morgan fingerprint density at radius 3 is 2.17 bits per heavy atom. The van der Waals surface area contributed by atoms with Crippen molar-refractivity contribution in [1.82, 2.24) is 0 Å². The highest BCUT2D eigenvalue weighted by Gasteiger charge is 1.75. The Balaban J connectivity index is 2.34. The molecule has 0 rings (SSSR count). The average Bonchev–Trinajstić information content (AvgIpc) is 1.61. The molecule has 31 valence electrons. The third-order valence-electron chi connectivity index (χ3n) is 0.631. The fourth-order valence-corrected chi connectivity index (χ4v) is 0.808. The van der Waals surface area contributed by atoms with E-state index in [1.165, 1.54) is 18.1 Å². The largest absolute Gasteiger partial charge is 0.118 e. The molecule has 0 saturated carbocycles. The van der Waals surface area contributed by atoms with Gasteiger partial charge < -0.3 is 0 Å². The summed E-state index contributed by atoms with van der Waals surface area (Å²) in [7, 11) is 3.38. The molecule has 0 unspecified atom stereocenters. The van der Waals surface area contributed by atoms with Crippen LogP contribution in [0.3, 0.4) is 0 Å². The molecule has 2 heteroatoms. The van der Waals surface area contributed by atoms with Crippen LogP contribution >= 0.6 is 0 Å². The molecule has 0 N–H and O–H groups in total. The maximum absolute atomic E-state index is 3.38. The lowest BCUT2D eigenvalue weighted by Gasteiger charge is -1.86. The van der Waals surface area contributed by atoms with E-state index in [1.54, 1.807) is 0 Å². The van der Waals surface area contributed by atoms with E-state index in [1.807, 2.05) is 0 Å². The second-order valence-electron chi connectivity index (χ2n) is 1.25. The van der Waals surface area contributed by atoms with Crippen LogP contribution in [-0.4, -0.2) is 26.5 Å². The van der Waals surface area contributed by atoms with Crippen molar-refractivity contribution in [1.29, 1.82) is 0 Å². The van der Waals surface area contributed by atoms with Crippen LogP contribution < -0.4 is 0 Å². The van der Waals surface area contributed by atoms with E-state index < -0.39 is 0 Å². The van der Waals surface area contributed by atoms with Crippen molar-refractivity contribution in [3.8, 4) is 0 Å². The highest BCUT2D eigenvalue weighted by Crippen LogP contribution is 1.93. The standard InChI is InChI=1S/C4H8Si.Al/c1-2-3-4-5;/h1-4H2;. The third kappa shape index (κ3) is 4.75. The lowest BCUT2D eigenvalue weighted by Crippen LogP contribution is -1.71. The first-order valence-corrected chi connectivity index (χ1v) is 3.79. The first-order valence-electron chi connectivity index (χ1n) is 2.26. The molecule has 5 radical (unpaired) electrons. The lowest BCUT2D eigenvalue weighted by molar-refractivity contribution is 0.881. The lowest BCUT2D eigenvalue weighted by atomic mass is 10.4. The minimum absolute atomic E-state index is 1.15. The number of rotatable bonds is 3. The molecule has 0 amide bonds. The molecule has 0 saturated heterocycles. The van der Waals surface area contributed by atoms with Crippen LogP contribution in [0.15, 0.2) is 0 Å². The highest BCUT2D eigenvalue weighted by atomic mass is 28.1. The van der Waals surface area contributed by atoms with Crippen LogP contribution in [0.2, 0.25) is 11.3 Å². The number of hydrogen-bond donors (Lipinski definition) is 0. The van der Waals surface area contributed by atoms with Crippen LogP contribution in [0.25, 0.3) is 0 Å². The summed E-state index contributed by atoms with van der Waals surface area (Å²) in [5.41, 5.74) is 0. The van der Waals surface area contributed by atoms with Gasteiger partial charge in [0.1, 0.15) is 16.3 Å². The fraction of sp³-hybridized carbons (Fsp3) is 1.00. The second-order valence-corrected chi connectivity index (χ2v) is 2.32. The van der Waals surface area contributed by atoms with Gasteiger partial charge in [-0.25, -0.2) is 0 Å². The Morgan fingerprint density at radius 2 is 2.00 bits per heavy atom. The smallest absolute Gasteiger partial charge is 0.118 e. The summed E-state index contributed by atoms with van der Waals surface area (Å²) in [6.45, 7) is 0. The maximum Gasteiger partial charge on any atom is 0.118 e. The minimum Gasteiger partial charge on any atom is -0.118 e. The van der Waals surface area contributed by atoms with E-state index in [9.17, 15) is 0 Å². The summed E-state index contributed by atoms with van der Waals surface area (Å²) in [4.78, 5) is 0. The Bertz CT molecular complexity index is 19.5. The zero-order valence-corrected chi connectivity index (χ0v) is 6.06. The molecule has 0 aromatic carbocycles. The summed E-state index contributed by atoms with van der Waals surface area (Å²) in [6, 6.07) is 1.15. The molecule has 0 spiro atoms. The van der Waals surface area contributed by atoms with Crippen molar-refractivity contribution in [2.45, 2.75) is 24.2 Å². The van der Waals surface area contributed by atoms with Gasteiger partial charge in [0.15, 0.2) is 0 Å². The molecule has 0 nitrogen and oxygen atoms in total. The maximum atomic E-state index is 3.38. The van der Waals surface area contributed by atoms with Gasteiger partial charge in [0, 0.05) is 10.2 Å². The summed E-state index contributed by atoms with van der Waals surface area (Å²) in [5, 5.41) is 1.24. The van der Waals surface area contributed by atoms with Crippen molar-refractivity contribution in [2.75, 3.05) is 0 Å². The molecular formula is C4H8AlSi. The van der Waals surface area contributed by atoms with Crippen LogP contribution in [0.4, 0.5) is 0 Å². The summed E-state index contributed by atoms with van der Waals surface area (Å²) < 4.78 is 0. The van der Waals surface area contributed by atoms with Gasteiger partial charge in [-0.15, -0.1) is 5.28 Å². The highest BCUT2D eigenvalue weighted by molar-refractivity contribution is 6.09. The van der Waals surface area contributed by atoms with E-state index in [0.29, 0.717) is 0 Å². The van der Waals surface area contributed by atoms with Crippen molar-refractivity contribution in [3.63, 3.8) is 0 Å². The van der Waals surface area contributed by atoms with Crippen LogP contribution in [0, 0.1) is 0 Å². The van der Waals surface area contributed by atoms with Crippen LogP contribution in [-0.2, 0) is 0 Å². The monoisotopic (exact) mass is 111 g/mol. The van der Waals surface area contributed by atoms with E-state index >= 15 is 0 Å². The molecular weight excluding hydrogens is 103 g/mol. The van der Waals surface area contributed by atoms with E-state index in [0.717, 1.165) is 6.04 Å². The Hall–Kier alpha value is 0.749. The summed E-state index contributed by atoms with van der Waals surface area (Å²) >= 11 is 2.71. The van der Waals surface area contributed by atoms with Crippen LogP contribution in [0.1, 0.15) is 12.8 Å². The SMILES string of the molecule is [Al][CH2]CCC[Si]. The second kappa shape index (κ2) is 5.75. The molecule has 6 heavy (non-hydrogen) atoms. The van der Waals surface area contributed by atoms with Crippen molar-refractivity contribution >= 4 is 26.5 Å². The van der Waals surface area contributed by atoms with Gasteiger partial charge >= 0.3 is 0 Å². The van der Waals surface area contributed by atoms with Gasteiger partial charge in [-0.3, -0.25) is 0 Å². The van der Waals surface area contributed by atoms with Crippen LogP contribution in [0.5, 0.6) is 0 Å². The van der Waals surface area contributed by atoms with Gasteiger partial charge in [-0.1, -0.05) is 18.9 Å². The van der Waals surface area contributed by atoms with Gasteiger partial charge in [-0.2, -0.15) is 0 Å². The van der Waals surface area contributed by atoms with E-state index in [4.69, 9.17) is 0 Å². The minimum atomic E-state index is 1.15. The van der Waals surface area contributed by atoms with E-state index in [2.05, 4.69) is 26.5 Å². The normalized spacial score (nSPS) is 8.83. The molecule has 0 aliphatic heterocycles. The molecule has 0 aliphatic rings. The molecule has 0 aromatic rings. The predicted molar refractivity (Wildman–Crippen MR) is 30.4 cm³/mol. The molecule has 0 aliphatic carbocycles. The molecule has 0 fully saturated rings. The van der Waals surface area contributed by atoms with Crippen molar-refractivity contribution < 1.29 is 0 Å². The topological polar surface area (TPSA) is 0 Å². The quantitative estimate of drug-likeness (QED) is 0.375. The predicted octanol–water partition coefficient (Wildman–Crippen LogP) is 0.940. The number of hydrogen-bond acceptors (Lipinski definition) is 0. The summed E-state index contributed by atoms with van der Waals surface area (Å²) in [6.07, 6.45) is 2.63. The van der Waals surface area contributed by atoms with Gasteiger partial charge in [0.25, 0.3) is 0 Å². The Morgan fingerprint density at radius 1 is 1.33 bits per heavy atom. The van der Waals surface area contributed by atoms with Gasteiger partial charge in [-0.05, 0) is 0 Å². The molecule has 0 heterocycles. The molecule has 0 aromatic heterocycles. The van der Waals surface area contributed by atoms with Gasteiger partial charge in [0.2, 0.25) is 0 Å². The number of unbranched alkanes of at least 4 members (excludes halogenated alkanes) is 1. The summed E-state index contributed by atoms with van der Waals surface area (Å²) in [5.74, 6) is 0. The first kappa shape index (κ1) is 6.75. The molecule has 0 atom stereocenters. The van der Waals surface area contributed by atoms with E-state index in [-0.39, 0.29) is 0 Å². The first-order chi connectivity index (χ1) is 2.91. The fourth-order valence-electron chi connectivity index (χ4n) is 0.269. The van der Waals surface area contributed by atoms with Crippen molar-refractivity contribution in [2.24, 2.45) is 0 Å². The molecule has 0 bridgehead atoms. The Kier molecular flexibility index (Phi) is 6.47. The zero-order valence-electron chi connectivity index (χ0n) is 3.91. The third-order valence-corrected chi connectivity index (χ3v) is 1.39. The average molecular weight is 111 g/mol. The van der Waals surface area contributed by atoms with Gasteiger partial charge in [0.05, 0.1) is 0 Å². The zero-order chi connectivity index (χ0) is 4.83. The Labute approximate surface area is 51.2 Å². The van der Waals surface area contributed by atoms with Crippen molar-refractivity contribution in [3.05, 3.63) is 0 Å².